The quantitative estimate of drug-likeness (QED) is 0.484. The molecule has 0 saturated carbocycles. The molecule has 0 aliphatic carbocycles. The van der Waals surface area contributed by atoms with Gasteiger partial charge in [0.1, 0.15) is 22.7 Å². The monoisotopic (exact) mass is 402 g/mol. The van der Waals surface area contributed by atoms with E-state index in [4.69, 9.17) is 15.6 Å². The summed E-state index contributed by atoms with van der Waals surface area (Å²) in [4.78, 5) is 12.6. The fraction of sp³-hybridized carbons (Fsp3) is 0.227. The van der Waals surface area contributed by atoms with E-state index in [2.05, 4.69) is 15.5 Å². The standard InChI is InChI=1S/C22H22N6O2/c23-21-18-19(14-6-8-17(9-7-14)30-16-4-2-1-3-5-16)27-28(15-10-12-24-13-11-15)20(18)22(29)26-25-21/h1-9,15,24H,10-13H2,(H2,23,25)(H,26,29). The summed E-state index contributed by atoms with van der Waals surface area (Å²) in [5.41, 5.74) is 7.88. The molecule has 4 N–H and O–H groups in total. The predicted octanol–water partition coefficient (Wildman–Crippen LogP) is 3.09. The number of fused-ring (bicyclic) bond motifs is 1. The normalized spacial score (nSPS) is 14.8. The number of H-pyrrole nitrogens is 1. The van der Waals surface area contributed by atoms with Gasteiger partial charge in [0.15, 0.2) is 5.82 Å². The van der Waals surface area contributed by atoms with Gasteiger partial charge in [-0.3, -0.25) is 9.48 Å². The minimum absolute atomic E-state index is 0.145. The number of piperidine rings is 1. The minimum atomic E-state index is -0.277. The summed E-state index contributed by atoms with van der Waals surface area (Å²) in [6, 6.07) is 17.4. The number of anilines is 1. The highest BCUT2D eigenvalue weighted by molar-refractivity contribution is 5.99. The fourth-order valence-corrected chi connectivity index (χ4v) is 3.94. The van der Waals surface area contributed by atoms with E-state index in [0.717, 1.165) is 43.0 Å². The first kappa shape index (κ1) is 18.4. The van der Waals surface area contributed by atoms with Crippen molar-refractivity contribution >= 4 is 16.7 Å². The van der Waals surface area contributed by atoms with Gasteiger partial charge in [-0.2, -0.15) is 10.2 Å². The summed E-state index contributed by atoms with van der Waals surface area (Å²) < 4.78 is 7.71. The van der Waals surface area contributed by atoms with Gasteiger partial charge in [-0.05, 0) is 62.3 Å². The lowest BCUT2D eigenvalue weighted by molar-refractivity contribution is 0.351. The lowest BCUT2D eigenvalue weighted by Gasteiger charge is -2.23. The Morgan fingerprint density at radius 3 is 2.43 bits per heavy atom. The van der Waals surface area contributed by atoms with Crippen LogP contribution in [0.2, 0.25) is 0 Å². The molecule has 2 aromatic heterocycles. The van der Waals surface area contributed by atoms with E-state index in [-0.39, 0.29) is 17.4 Å². The van der Waals surface area contributed by atoms with Crippen LogP contribution in [-0.2, 0) is 0 Å². The van der Waals surface area contributed by atoms with Crippen LogP contribution >= 0.6 is 0 Å². The summed E-state index contributed by atoms with van der Waals surface area (Å²) in [6.07, 6.45) is 1.81. The first-order valence-electron chi connectivity index (χ1n) is 10.0. The number of benzene rings is 2. The van der Waals surface area contributed by atoms with Crippen LogP contribution in [0.15, 0.2) is 59.4 Å². The van der Waals surface area contributed by atoms with E-state index in [1.165, 1.54) is 0 Å². The Morgan fingerprint density at radius 2 is 1.70 bits per heavy atom. The van der Waals surface area contributed by atoms with E-state index in [1.54, 1.807) is 0 Å². The van der Waals surface area contributed by atoms with Crippen LogP contribution in [0.3, 0.4) is 0 Å². The molecule has 8 heteroatoms. The molecule has 3 heterocycles. The third-order valence-corrected chi connectivity index (χ3v) is 5.42. The molecular formula is C22H22N6O2. The molecule has 30 heavy (non-hydrogen) atoms. The molecule has 1 fully saturated rings. The maximum atomic E-state index is 12.6. The van der Waals surface area contributed by atoms with Crippen molar-refractivity contribution in [3.05, 3.63) is 65.0 Å². The number of aromatic amines is 1. The van der Waals surface area contributed by atoms with Crippen molar-refractivity contribution in [3.63, 3.8) is 0 Å². The van der Waals surface area contributed by atoms with Gasteiger partial charge >= 0.3 is 0 Å². The van der Waals surface area contributed by atoms with Crippen LogP contribution in [0.4, 0.5) is 5.82 Å². The molecule has 152 valence electrons. The summed E-state index contributed by atoms with van der Waals surface area (Å²) in [6.45, 7) is 1.79. The molecule has 1 saturated heterocycles. The average Bonchev–Trinajstić information content (AvgIpc) is 3.20. The Hall–Kier alpha value is -3.65. The second kappa shape index (κ2) is 7.64. The van der Waals surface area contributed by atoms with Crippen LogP contribution < -0.4 is 21.3 Å². The highest BCUT2D eigenvalue weighted by Crippen LogP contribution is 2.33. The third kappa shape index (κ3) is 3.31. The molecule has 0 spiro atoms. The molecule has 8 nitrogen and oxygen atoms in total. The van der Waals surface area contributed by atoms with E-state index < -0.39 is 0 Å². The second-order valence-corrected chi connectivity index (χ2v) is 7.38. The molecule has 2 aromatic carbocycles. The number of ether oxygens (including phenoxy) is 1. The number of nitrogens with two attached hydrogens (primary N) is 1. The van der Waals surface area contributed by atoms with Gasteiger partial charge in [-0.15, -0.1) is 0 Å². The van der Waals surface area contributed by atoms with Gasteiger partial charge in [0.2, 0.25) is 0 Å². The number of rotatable bonds is 4. The van der Waals surface area contributed by atoms with Crippen LogP contribution in [0.5, 0.6) is 11.5 Å². The Morgan fingerprint density at radius 1 is 1.00 bits per heavy atom. The van der Waals surface area contributed by atoms with E-state index in [1.807, 2.05) is 59.3 Å². The van der Waals surface area contributed by atoms with Gasteiger partial charge in [-0.1, -0.05) is 18.2 Å². The van der Waals surface area contributed by atoms with Gasteiger partial charge in [-0.25, -0.2) is 5.10 Å². The summed E-state index contributed by atoms with van der Waals surface area (Å²) in [5.74, 6) is 1.76. The van der Waals surface area contributed by atoms with Crippen molar-refractivity contribution in [2.24, 2.45) is 0 Å². The van der Waals surface area contributed by atoms with E-state index in [9.17, 15) is 4.79 Å². The number of hydrogen-bond acceptors (Lipinski definition) is 6. The molecule has 5 rings (SSSR count). The van der Waals surface area contributed by atoms with Crippen molar-refractivity contribution in [3.8, 4) is 22.8 Å². The Balaban J connectivity index is 1.57. The Kier molecular flexibility index (Phi) is 4.68. The zero-order valence-electron chi connectivity index (χ0n) is 16.3. The highest BCUT2D eigenvalue weighted by atomic mass is 16.5. The van der Waals surface area contributed by atoms with Crippen LogP contribution in [-0.4, -0.2) is 33.1 Å². The van der Waals surface area contributed by atoms with Crippen molar-refractivity contribution in [1.29, 1.82) is 0 Å². The smallest absolute Gasteiger partial charge is 0.290 e. The lowest BCUT2D eigenvalue weighted by atomic mass is 10.1. The first-order chi connectivity index (χ1) is 14.7. The van der Waals surface area contributed by atoms with Crippen LogP contribution in [0, 0.1) is 0 Å². The largest absolute Gasteiger partial charge is 0.457 e. The Labute approximate surface area is 172 Å². The number of hydrogen-bond donors (Lipinski definition) is 3. The number of nitrogens with one attached hydrogen (secondary N) is 2. The molecule has 1 aliphatic rings. The number of para-hydroxylation sites is 1. The molecule has 0 amide bonds. The van der Waals surface area contributed by atoms with Crippen LogP contribution in [0.1, 0.15) is 18.9 Å². The van der Waals surface area contributed by atoms with Gasteiger partial charge in [0.25, 0.3) is 5.56 Å². The second-order valence-electron chi connectivity index (χ2n) is 7.38. The van der Waals surface area contributed by atoms with Gasteiger partial charge in [0.05, 0.1) is 11.4 Å². The van der Waals surface area contributed by atoms with Gasteiger partial charge in [0, 0.05) is 5.56 Å². The molecule has 0 atom stereocenters. The van der Waals surface area contributed by atoms with Crippen molar-refractivity contribution in [2.75, 3.05) is 18.8 Å². The molecule has 0 radical (unpaired) electrons. The fourth-order valence-electron chi connectivity index (χ4n) is 3.94. The maximum absolute atomic E-state index is 12.6. The Bertz CT molecular complexity index is 1220. The molecular weight excluding hydrogens is 380 g/mol. The van der Waals surface area contributed by atoms with Crippen molar-refractivity contribution in [2.45, 2.75) is 18.9 Å². The number of aromatic nitrogens is 4. The predicted molar refractivity (Wildman–Crippen MR) is 116 cm³/mol. The molecule has 1 aliphatic heterocycles. The van der Waals surface area contributed by atoms with Crippen molar-refractivity contribution < 1.29 is 4.74 Å². The summed E-state index contributed by atoms with van der Waals surface area (Å²) in [7, 11) is 0. The first-order valence-corrected chi connectivity index (χ1v) is 10.0. The van der Waals surface area contributed by atoms with E-state index in [0.29, 0.717) is 16.6 Å². The van der Waals surface area contributed by atoms with E-state index >= 15 is 0 Å². The third-order valence-electron chi connectivity index (χ3n) is 5.42. The number of nitrogens with zero attached hydrogens (tertiary/aromatic N) is 3. The summed E-state index contributed by atoms with van der Waals surface area (Å²) >= 11 is 0. The molecule has 0 bridgehead atoms. The van der Waals surface area contributed by atoms with Crippen LogP contribution in [0.25, 0.3) is 22.2 Å². The maximum Gasteiger partial charge on any atom is 0.290 e. The zero-order chi connectivity index (χ0) is 20.5. The van der Waals surface area contributed by atoms with Gasteiger partial charge < -0.3 is 15.8 Å². The average molecular weight is 402 g/mol. The molecule has 0 unspecified atom stereocenters. The lowest BCUT2D eigenvalue weighted by Crippen LogP contribution is -2.30. The zero-order valence-corrected chi connectivity index (χ0v) is 16.3. The minimum Gasteiger partial charge on any atom is -0.457 e. The molecule has 4 aromatic rings. The highest BCUT2D eigenvalue weighted by Gasteiger charge is 2.24. The summed E-state index contributed by atoms with van der Waals surface area (Å²) in [5, 5.41) is 15.2. The van der Waals surface area contributed by atoms with Crippen molar-refractivity contribution in [1.82, 2.24) is 25.3 Å². The number of nitrogen functional groups attached to an aromatic ring is 1. The topological polar surface area (TPSA) is 111 Å². The SMILES string of the molecule is Nc1n[nH]c(=O)c2c1c(-c1ccc(Oc3ccccc3)cc1)nn2C1CCNCC1.